The number of hydrogen-bond donors (Lipinski definition) is 2. The molecule has 3 heterocycles. The second-order valence-electron chi connectivity index (χ2n) is 12.9. The molecular formula is C36H42Cl3N5O4. The predicted octanol–water partition coefficient (Wildman–Crippen LogP) is 6.79. The third-order valence-corrected chi connectivity index (χ3v) is 10.4. The third-order valence-electron chi connectivity index (χ3n) is 9.44. The Morgan fingerprint density at radius 3 is 2.54 bits per heavy atom. The normalized spacial score (nSPS) is 20.8. The van der Waals surface area contributed by atoms with Crippen molar-refractivity contribution in [3.8, 4) is 5.75 Å². The first-order valence-corrected chi connectivity index (χ1v) is 17.8. The van der Waals surface area contributed by atoms with E-state index >= 15 is 0 Å². The number of alkyl carbamates (subject to hydrolysis) is 1. The van der Waals surface area contributed by atoms with E-state index in [0.717, 1.165) is 66.8 Å². The zero-order valence-electron chi connectivity index (χ0n) is 27.3. The number of amides is 2. The van der Waals surface area contributed by atoms with Gasteiger partial charge in [-0.15, -0.1) is 0 Å². The topological polar surface area (TPSA) is 96.0 Å². The highest BCUT2D eigenvalue weighted by molar-refractivity contribution is 6.37. The number of piperidine rings is 1. The van der Waals surface area contributed by atoms with Crippen LogP contribution < -0.4 is 20.3 Å². The van der Waals surface area contributed by atoms with E-state index in [4.69, 9.17) is 49.3 Å². The summed E-state index contributed by atoms with van der Waals surface area (Å²) in [5.74, 6) is 1.42. The fraction of sp³-hybridized carbons (Fsp3) is 0.472. The molecule has 1 saturated carbocycles. The molecule has 1 aliphatic carbocycles. The van der Waals surface area contributed by atoms with Crippen LogP contribution in [0.1, 0.15) is 53.9 Å². The van der Waals surface area contributed by atoms with Gasteiger partial charge in [0.15, 0.2) is 5.75 Å². The lowest BCUT2D eigenvalue weighted by atomic mass is 9.80. The summed E-state index contributed by atoms with van der Waals surface area (Å²) < 4.78 is 11.4. The molecule has 0 spiro atoms. The van der Waals surface area contributed by atoms with Crippen LogP contribution in [-0.2, 0) is 22.5 Å². The molecule has 48 heavy (non-hydrogen) atoms. The summed E-state index contributed by atoms with van der Waals surface area (Å²) >= 11 is 19.5. The lowest BCUT2D eigenvalue weighted by Crippen LogP contribution is -2.47. The van der Waals surface area contributed by atoms with Crippen molar-refractivity contribution in [2.45, 2.75) is 63.6 Å². The number of hydrogen-bond acceptors (Lipinski definition) is 7. The summed E-state index contributed by atoms with van der Waals surface area (Å²) in [6, 6.07) is 13.9. The molecule has 256 valence electrons. The molecule has 6 rings (SSSR count). The Bertz CT molecular complexity index is 1600. The maximum absolute atomic E-state index is 14.3. The van der Waals surface area contributed by atoms with Crippen LogP contribution in [0.25, 0.3) is 0 Å². The highest BCUT2D eigenvalue weighted by Crippen LogP contribution is 2.38. The first-order chi connectivity index (χ1) is 23.2. The molecular weight excluding hydrogens is 673 g/mol. The van der Waals surface area contributed by atoms with E-state index in [0.29, 0.717) is 46.9 Å². The van der Waals surface area contributed by atoms with Gasteiger partial charge in [-0.3, -0.25) is 4.79 Å². The smallest absolute Gasteiger partial charge is 0.406 e. The molecule has 3 aromatic rings. The van der Waals surface area contributed by atoms with Gasteiger partial charge in [0.2, 0.25) is 5.91 Å². The van der Waals surface area contributed by atoms with Gasteiger partial charge >= 0.3 is 6.09 Å². The molecule has 9 nitrogen and oxygen atoms in total. The minimum absolute atomic E-state index is 0.0471. The minimum Gasteiger partial charge on any atom is -0.485 e. The van der Waals surface area contributed by atoms with E-state index in [2.05, 4.69) is 27.7 Å². The third kappa shape index (κ3) is 8.30. The van der Waals surface area contributed by atoms with E-state index < -0.39 is 6.09 Å². The number of pyridine rings is 1. The molecule has 2 amide bonds. The van der Waals surface area contributed by atoms with Gasteiger partial charge in [-0.05, 0) is 85.2 Å². The van der Waals surface area contributed by atoms with E-state index in [9.17, 15) is 9.59 Å². The molecule has 0 unspecified atom stereocenters. The van der Waals surface area contributed by atoms with Crippen molar-refractivity contribution in [3.05, 3.63) is 86.0 Å². The van der Waals surface area contributed by atoms with Gasteiger partial charge in [-0.25, -0.2) is 9.78 Å². The van der Waals surface area contributed by atoms with Crippen LogP contribution in [0.2, 0.25) is 15.1 Å². The standard InChI is InChI=1S/C36H42Cl3N5O4/c1-22-15-31(38)34(32(39)16-22)48-27-10-13-43(21-27)33-8-4-24(18-42-33)28-9-12-41-19-29(28)35(45)44(26-5-6-26)20-25-17-23(3-7-30(25)37)11-14-47-36(46)40-2/h3-4,7-8,15-18,26-29,41H,5-6,9-14,19-21H2,1-2H3,(H,40,46)/t27-,28-,29+/m1/s1. The minimum atomic E-state index is -0.458. The summed E-state index contributed by atoms with van der Waals surface area (Å²) in [5.41, 5.74) is 3.98. The number of aryl methyl sites for hydroxylation is 1. The molecule has 2 saturated heterocycles. The van der Waals surface area contributed by atoms with Crippen LogP contribution in [0.3, 0.4) is 0 Å². The SMILES string of the molecule is CNC(=O)OCCc1ccc(Cl)c(CN(C(=O)[C@H]2CNCC[C@@H]2c2ccc(N3CC[C@@H](Oc4c(Cl)cc(C)cc4Cl)C3)nc2)C2CC2)c1. The number of rotatable bonds is 11. The van der Waals surface area contributed by atoms with Gasteiger partial charge in [0.05, 0.1) is 29.1 Å². The Kier molecular flexibility index (Phi) is 11.2. The van der Waals surface area contributed by atoms with Crippen LogP contribution in [0, 0.1) is 12.8 Å². The maximum Gasteiger partial charge on any atom is 0.406 e. The summed E-state index contributed by atoms with van der Waals surface area (Å²) in [7, 11) is 1.53. The van der Waals surface area contributed by atoms with E-state index in [1.807, 2.05) is 48.4 Å². The number of ether oxygens (including phenoxy) is 2. The van der Waals surface area contributed by atoms with Crippen LogP contribution in [0.15, 0.2) is 48.7 Å². The molecule has 0 radical (unpaired) electrons. The second-order valence-corrected chi connectivity index (χ2v) is 14.2. The van der Waals surface area contributed by atoms with Gasteiger partial charge in [0.1, 0.15) is 11.9 Å². The molecule has 3 atom stereocenters. The van der Waals surface area contributed by atoms with Crippen LogP contribution in [0.4, 0.5) is 10.6 Å². The maximum atomic E-state index is 14.3. The number of nitrogens with zero attached hydrogens (tertiary/aromatic N) is 3. The van der Waals surface area contributed by atoms with Crippen molar-refractivity contribution in [2.75, 3.05) is 44.7 Å². The Balaban J connectivity index is 1.11. The van der Waals surface area contributed by atoms with Crippen LogP contribution in [-0.4, -0.2) is 73.9 Å². The molecule has 12 heteroatoms. The molecule has 0 bridgehead atoms. The quantitative estimate of drug-likeness (QED) is 0.226. The number of carbonyl (C=O) groups excluding carboxylic acids is 2. The van der Waals surface area contributed by atoms with Crippen molar-refractivity contribution < 1.29 is 19.1 Å². The molecule has 3 fully saturated rings. The Morgan fingerprint density at radius 2 is 1.83 bits per heavy atom. The van der Waals surface area contributed by atoms with E-state index in [1.165, 1.54) is 7.05 Å². The van der Waals surface area contributed by atoms with Crippen LogP contribution in [0.5, 0.6) is 5.75 Å². The second kappa shape index (κ2) is 15.5. The number of halogens is 3. The van der Waals surface area contributed by atoms with Crippen molar-refractivity contribution in [1.29, 1.82) is 0 Å². The van der Waals surface area contributed by atoms with Crippen molar-refractivity contribution in [1.82, 2.24) is 20.5 Å². The van der Waals surface area contributed by atoms with E-state index in [1.54, 1.807) is 0 Å². The Labute approximate surface area is 297 Å². The van der Waals surface area contributed by atoms with Crippen LogP contribution >= 0.6 is 34.8 Å². The van der Waals surface area contributed by atoms with Crippen molar-refractivity contribution in [2.24, 2.45) is 5.92 Å². The number of anilines is 1. The highest BCUT2D eigenvalue weighted by Gasteiger charge is 2.40. The molecule has 2 N–H and O–H groups in total. The van der Waals surface area contributed by atoms with Gasteiger partial charge in [-0.2, -0.15) is 0 Å². The van der Waals surface area contributed by atoms with Gasteiger partial charge in [-0.1, -0.05) is 53.0 Å². The van der Waals surface area contributed by atoms with Crippen molar-refractivity contribution >= 4 is 52.6 Å². The molecule has 3 aliphatic rings. The first kappa shape index (κ1) is 34.6. The first-order valence-electron chi connectivity index (χ1n) is 16.7. The summed E-state index contributed by atoms with van der Waals surface area (Å²) in [4.78, 5) is 34.8. The predicted molar refractivity (Wildman–Crippen MR) is 190 cm³/mol. The fourth-order valence-electron chi connectivity index (χ4n) is 6.73. The number of benzene rings is 2. The van der Waals surface area contributed by atoms with Crippen molar-refractivity contribution in [3.63, 3.8) is 0 Å². The summed E-state index contributed by atoms with van der Waals surface area (Å²) in [6.07, 6.45) is 5.68. The number of carbonyl (C=O) groups is 2. The van der Waals surface area contributed by atoms with E-state index in [-0.39, 0.29) is 36.5 Å². The Morgan fingerprint density at radius 1 is 1.04 bits per heavy atom. The highest BCUT2D eigenvalue weighted by atomic mass is 35.5. The number of nitrogens with one attached hydrogen (secondary N) is 2. The molecule has 1 aromatic heterocycles. The summed E-state index contributed by atoms with van der Waals surface area (Å²) in [6.45, 7) is 5.62. The lowest BCUT2D eigenvalue weighted by molar-refractivity contribution is -0.138. The molecule has 2 aliphatic heterocycles. The zero-order chi connectivity index (χ0) is 33.8. The zero-order valence-corrected chi connectivity index (χ0v) is 29.6. The number of aromatic nitrogens is 1. The largest absolute Gasteiger partial charge is 0.485 e. The lowest BCUT2D eigenvalue weighted by Gasteiger charge is -2.36. The van der Waals surface area contributed by atoms with Gasteiger partial charge in [0, 0.05) is 56.8 Å². The van der Waals surface area contributed by atoms with Gasteiger partial charge < -0.3 is 29.9 Å². The fourth-order valence-corrected chi connectivity index (χ4v) is 7.59. The monoisotopic (exact) mass is 713 g/mol. The van der Waals surface area contributed by atoms with Gasteiger partial charge in [0.25, 0.3) is 0 Å². The Hall–Kier alpha value is -3.24. The average Bonchev–Trinajstić information content (AvgIpc) is 3.82. The summed E-state index contributed by atoms with van der Waals surface area (Å²) in [5, 5.41) is 7.59. The average molecular weight is 715 g/mol. The molecule has 2 aromatic carbocycles.